The fourth-order valence-corrected chi connectivity index (χ4v) is 3.36. The van der Waals surface area contributed by atoms with Crippen LogP contribution in [0, 0.1) is 0 Å². The maximum absolute atomic E-state index is 11.9. The number of rotatable bonds is 3. The Kier molecular flexibility index (Phi) is 4.23. The van der Waals surface area contributed by atoms with Gasteiger partial charge in [-0.1, -0.05) is 25.0 Å². The van der Waals surface area contributed by atoms with Crippen molar-refractivity contribution in [2.75, 3.05) is 13.1 Å². The molecule has 0 unspecified atom stereocenters. The van der Waals surface area contributed by atoms with Crippen LogP contribution < -0.4 is 10.0 Å². The van der Waals surface area contributed by atoms with Crippen LogP contribution in [0.4, 0.5) is 4.79 Å². The van der Waals surface area contributed by atoms with Crippen molar-refractivity contribution in [3.63, 3.8) is 0 Å². The van der Waals surface area contributed by atoms with Gasteiger partial charge in [-0.3, -0.25) is 0 Å². The van der Waals surface area contributed by atoms with Gasteiger partial charge < -0.3 is 5.32 Å². The summed E-state index contributed by atoms with van der Waals surface area (Å²) in [4.78, 5) is 11.6. The summed E-state index contributed by atoms with van der Waals surface area (Å²) in [6.45, 7) is 0.745. The quantitative estimate of drug-likeness (QED) is 0.744. The molecule has 2 N–H and O–H groups in total. The molecule has 6 nitrogen and oxygen atoms in total. The van der Waals surface area contributed by atoms with E-state index in [0.29, 0.717) is 19.5 Å². The molecule has 2 amide bonds. The van der Waals surface area contributed by atoms with Gasteiger partial charge in [0.25, 0.3) is 0 Å². The number of urea groups is 1. The van der Waals surface area contributed by atoms with E-state index in [1.165, 1.54) is 4.31 Å². The van der Waals surface area contributed by atoms with Crippen molar-refractivity contribution < 1.29 is 13.2 Å². The first-order chi connectivity index (χ1) is 8.58. The van der Waals surface area contributed by atoms with E-state index in [4.69, 9.17) is 0 Å². The number of carbonyl (C=O) groups excluding carboxylic acids is 1. The van der Waals surface area contributed by atoms with E-state index in [1.54, 1.807) is 6.08 Å². The number of nitrogens with one attached hydrogen (secondary N) is 2. The molecular weight excluding hydrogens is 254 g/mol. The molecule has 1 heterocycles. The van der Waals surface area contributed by atoms with Crippen LogP contribution in [0.25, 0.3) is 0 Å². The molecule has 0 bridgehead atoms. The van der Waals surface area contributed by atoms with Gasteiger partial charge in [-0.15, -0.1) is 0 Å². The molecular formula is C11H19N3O3S. The van der Waals surface area contributed by atoms with Crippen LogP contribution in [0.2, 0.25) is 0 Å². The third-order valence-electron chi connectivity index (χ3n) is 3.27. The van der Waals surface area contributed by atoms with Crippen LogP contribution in [0.3, 0.4) is 0 Å². The highest BCUT2D eigenvalue weighted by molar-refractivity contribution is 7.87. The molecule has 0 aromatic rings. The van der Waals surface area contributed by atoms with E-state index in [-0.39, 0.29) is 6.04 Å². The van der Waals surface area contributed by atoms with Gasteiger partial charge in [0, 0.05) is 19.1 Å². The highest BCUT2D eigenvalue weighted by Crippen LogP contribution is 2.17. The first-order valence-corrected chi connectivity index (χ1v) is 7.75. The van der Waals surface area contributed by atoms with Gasteiger partial charge in [-0.05, 0) is 19.3 Å². The Hall–Kier alpha value is -1.08. The van der Waals surface area contributed by atoms with Crippen molar-refractivity contribution in [3.8, 4) is 0 Å². The number of hydrogen-bond donors (Lipinski definition) is 2. The van der Waals surface area contributed by atoms with E-state index < -0.39 is 16.2 Å². The Morgan fingerprint density at radius 3 is 2.56 bits per heavy atom. The van der Waals surface area contributed by atoms with E-state index in [2.05, 4.69) is 10.0 Å². The van der Waals surface area contributed by atoms with E-state index in [1.807, 2.05) is 6.08 Å². The van der Waals surface area contributed by atoms with Gasteiger partial charge in [0.2, 0.25) is 0 Å². The molecule has 7 heteroatoms. The summed E-state index contributed by atoms with van der Waals surface area (Å²) >= 11 is 0. The molecule has 0 aromatic carbocycles. The lowest BCUT2D eigenvalue weighted by molar-refractivity contribution is 0.241. The van der Waals surface area contributed by atoms with Crippen molar-refractivity contribution in [1.29, 1.82) is 0 Å². The molecule has 0 saturated heterocycles. The maximum atomic E-state index is 11.9. The minimum atomic E-state index is -3.70. The first-order valence-electron chi connectivity index (χ1n) is 6.31. The van der Waals surface area contributed by atoms with Crippen molar-refractivity contribution in [1.82, 2.24) is 14.3 Å². The highest BCUT2D eigenvalue weighted by Gasteiger charge is 2.25. The van der Waals surface area contributed by atoms with Crippen LogP contribution >= 0.6 is 0 Å². The number of nitrogens with zero attached hydrogens (tertiary/aromatic N) is 1. The predicted octanol–water partition coefficient (Wildman–Crippen LogP) is 0.735. The minimum Gasteiger partial charge on any atom is -0.335 e. The average molecular weight is 273 g/mol. The van der Waals surface area contributed by atoms with Gasteiger partial charge in [0.1, 0.15) is 0 Å². The fraction of sp³-hybridized carbons (Fsp3) is 0.727. The molecule has 1 aliphatic heterocycles. The van der Waals surface area contributed by atoms with Gasteiger partial charge in [-0.2, -0.15) is 12.7 Å². The predicted molar refractivity (Wildman–Crippen MR) is 68.2 cm³/mol. The standard InChI is InChI=1S/C11H19N3O3S/c15-11(12-10-6-2-3-7-10)13-18(16,17)14-8-4-1-5-9-14/h1,4,10H,2-3,5-9H2,(H2,12,13,15). The number of hydrogen-bond acceptors (Lipinski definition) is 3. The van der Waals surface area contributed by atoms with Crippen LogP contribution in [-0.2, 0) is 10.2 Å². The molecule has 2 aliphatic rings. The lowest BCUT2D eigenvalue weighted by Gasteiger charge is -2.23. The normalized spacial score (nSPS) is 22.0. The topological polar surface area (TPSA) is 78.5 Å². The summed E-state index contributed by atoms with van der Waals surface area (Å²) < 4.78 is 27.1. The summed E-state index contributed by atoms with van der Waals surface area (Å²) in [5, 5.41) is 2.70. The summed E-state index contributed by atoms with van der Waals surface area (Å²) in [6.07, 6.45) is 8.45. The lowest BCUT2D eigenvalue weighted by Crippen LogP contribution is -2.50. The molecule has 2 rings (SSSR count). The van der Waals surface area contributed by atoms with Crippen molar-refractivity contribution in [2.45, 2.75) is 38.1 Å². The smallest absolute Gasteiger partial charge is 0.329 e. The Balaban J connectivity index is 1.86. The van der Waals surface area contributed by atoms with Crippen LogP contribution in [0.1, 0.15) is 32.1 Å². The van der Waals surface area contributed by atoms with Crippen molar-refractivity contribution in [3.05, 3.63) is 12.2 Å². The largest absolute Gasteiger partial charge is 0.335 e. The highest BCUT2D eigenvalue weighted by atomic mass is 32.2. The Labute approximate surface area is 108 Å². The molecule has 1 fully saturated rings. The second-order valence-electron chi connectivity index (χ2n) is 4.68. The summed E-state index contributed by atoms with van der Waals surface area (Å²) in [7, 11) is -3.70. The van der Waals surface area contributed by atoms with Gasteiger partial charge in [0.05, 0.1) is 0 Å². The Morgan fingerprint density at radius 2 is 1.94 bits per heavy atom. The summed E-state index contributed by atoms with van der Waals surface area (Å²) in [5.74, 6) is 0. The first kappa shape index (κ1) is 13.4. The molecule has 102 valence electrons. The van der Waals surface area contributed by atoms with Crippen LogP contribution in [0.5, 0.6) is 0 Å². The van der Waals surface area contributed by atoms with Crippen molar-refractivity contribution in [2.24, 2.45) is 0 Å². The second-order valence-corrected chi connectivity index (χ2v) is 6.35. The van der Waals surface area contributed by atoms with Gasteiger partial charge >= 0.3 is 16.2 Å². The molecule has 0 spiro atoms. The zero-order valence-electron chi connectivity index (χ0n) is 10.3. The van der Waals surface area contributed by atoms with Crippen molar-refractivity contribution >= 4 is 16.2 Å². The molecule has 0 radical (unpaired) electrons. The fourth-order valence-electron chi connectivity index (χ4n) is 2.30. The summed E-state index contributed by atoms with van der Waals surface area (Å²) in [5.41, 5.74) is 0. The molecule has 1 aliphatic carbocycles. The zero-order valence-corrected chi connectivity index (χ0v) is 11.1. The monoisotopic (exact) mass is 273 g/mol. The molecule has 1 saturated carbocycles. The second kappa shape index (κ2) is 5.71. The van der Waals surface area contributed by atoms with E-state index >= 15 is 0 Å². The maximum Gasteiger partial charge on any atom is 0.329 e. The summed E-state index contributed by atoms with van der Waals surface area (Å²) in [6, 6.07) is -0.502. The zero-order chi connectivity index (χ0) is 13.0. The molecule has 18 heavy (non-hydrogen) atoms. The Bertz CT molecular complexity index is 427. The lowest BCUT2D eigenvalue weighted by atomic mass is 10.3. The van der Waals surface area contributed by atoms with E-state index in [0.717, 1.165) is 25.7 Å². The van der Waals surface area contributed by atoms with Gasteiger partial charge in [0.15, 0.2) is 0 Å². The molecule has 0 aromatic heterocycles. The third-order valence-corrected chi connectivity index (χ3v) is 4.73. The third kappa shape index (κ3) is 3.46. The number of carbonyl (C=O) groups is 1. The number of amides is 2. The molecule has 0 atom stereocenters. The van der Waals surface area contributed by atoms with E-state index in [9.17, 15) is 13.2 Å². The van der Waals surface area contributed by atoms with Gasteiger partial charge in [-0.25, -0.2) is 9.52 Å². The van der Waals surface area contributed by atoms with Crippen LogP contribution in [0.15, 0.2) is 12.2 Å². The SMILES string of the molecule is O=C(NC1CCCC1)NS(=O)(=O)N1CC=CCC1. The van der Waals surface area contributed by atoms with Crippen LogP contribution in [-0.4, -0.2) is 37.9 Å². The Morgan fingerprint density at radius 1 is 1.22 bits per heavy atom. The average Bonchev–Trinajstić information content (AvgIpc) is 2.82. The minimum absolute atomic E-state index is 0.112.